The zero-order chi connectivity index (χ0) is 11.4. The van der Waals surface area contributed by atoms with Crippen molar-refractivity contribution in [2.24, 2.45) is 11.8 Å². The van der Waals surface area contributed by atoms with E-state index in [2.05, 4.69) is 17.6 Å². The molecule has 1 amide bonds. The van der Waals surface area contributed by atoms with Crippen molar-refractivity contribution in [2.75, 3.05) is 13.1 Å². The zero-order valence-electron chi connectivity index (χ0n) is 10.3. The Balaban J connectivity index is 1.49. The molecule has 92 valence electrons. The van der Waals surface area contributed by atoms with Crippen LogP contribution in [0.5, 0.6) is 0 Å². The van der Waals surface area contributed by atoms with Crippen molar-refractivity contribution >= 4 is 5.91 Å². The Labute approximate surface area is 98.4 Å². The topological polar surface area (TPSA) is 41.1 Å². The SMILES string of the molecule is CC1CCC(CNC(=O)CCNC2CC2)C1. The van der Waals surface area contributed by atoms with Crippen molar-refractivity contribution in [2.45, 2.75) is 51.5 Å². The quantitative estimate of drug-likeness (QED) is 0.721. The largest absolute Gasteiger partial charge is 0.356 e. The smallest absolute Gasteiger partial charge is 0.221 e. The minimum atomic E-state index is 0.215. The lowest BCUT2D eigenvalue weighted by Gasteiger charge is -2.11. The highest BCUT2D eigenvalue weighted by atomic mass is 16.1. The van der Waals surface area contributed by atoms with Gasteiger partial charge in [-0.2, -0.15) is 0 Å². The van der Waals surface area contributed by atoms with E-state index in [1.54, 1.807) is 0 Å². The first-order valence-electron chi connectivity index (χ1n) is 6.74. The van der Waals surface area contributed by atoms with Crippen LogP contribution in [0.25, 0.3) is 0 Å². The summed E-state index contributed by atoms with van der Waals surface area (Å²) in [5.41, 5.74) is 0. The molecule has 2 rings (SSSR count). The summed E-state index contributed by atoms with van der Waals surface area (Å²) in [6.07, 6.45) is 7.15. The van der Waals surface area contributed by atoms with Gasteiger partial charge in [0.05, 0.1) is 0 Å². The maximum Gasteiger partial charge on any atom is 0.221 e. The minimum absolute atomic E-state index is 0.215. The van der Waals surface area contributed by atoms with Crippen LogP contribution in [0.2, 0.25) is 0 Å². The van der Waals surface area contributed by atoms with E-state index in [0.717, 1.165) is 24.9 Å². The van der Waals surface area contributed by atoms with E-state index in [9.17, 15) is 4.79 Å². The summed E-state index contributed by atoms with van der Waals surface area (Å²) in [6.45, 7) is 4.05. The Kier molecular flexibility index (Phi) is 4.22. The van der Waals surface area contributed by atoms with Crippen LogP contribution in [0.15, 0.2) is 0 Å². The molecule has 2 N–H and O–H groups in total. The van der Waals surface area contributed by atoms with Crippen molar-refractivity contribution < 1.29 is 4.79 Å². The molecule has 0 aliphatic heterocycles. The predicted molar refractivity (Wildman–Crippen MR) is 65.2 cm³/mol. The van der Waals surface area contributed by atoms with Crippen LogP contribution in [0.1, 0.15) is 45.4 Å². The molecule has 0 aromatic carbocycles. The summed E-state index contributed by atoms with van der Waals surface area (Å²) in [5, 5.41) is 6.42. The number of carbonyl (C=O) groups excluding carboxylic acids is 1. The monoisotopic (exact) mass is 224 g/mol. The molecule has 0 aromatic rings. The molecule has 0 saturated heterocycles. The second kappa shape index (κ2) is 5.67. The highest BCUT2D eigenvalue weighted by Gasteiger charge is 2.22. The van der Waals surface area contributed by atoms with Crippen LogP contribution in [0, 0.1) is 11.8 Å². The molecule has 0 aromatic heterocycles. The first-order valence-corrected chi connectivity index (χ1v) is 6.74. The minimum Gasteiger partial charge on any atom is -0.356 e. The van der Waals surface area contributed by atoms with Gasteiger partial charge in [0.25, 0.3) is 0 Å². The van der Waals surface area contributed by atoms with E-state index < -0.39 is 0 Å². The summed E-state index contributed by atoms with van der Waals surface area (Å²) in [4.78, 5) is 11.5. The summed E-state index contributed by atoms with van der Waals surface area (Å²) in [5.74, 6) is 1.81. The molecule has 2 fully saturated rings. The fourth-order valence-electron chi connectivity index (χ4n) is 2.53. The number of rotatable bonds is 6. The van der Waals surface area contributed by atoms with Crippen molar-refractivity contribution in [3.05, 3.63) is 0 Å². The van der Waals surface area contributed by atoms with Crippen LogP contribution in [0.4, 0.5) is 0 Å². The van der Waals surface area contributed by atoms with Gasteiger partial charge in [0.2, 0.25) is 5.91 Å². The Hall–Kier alpha value is -0.570. The second-order valence-corrected chi connectivity index (χ2v) is 5.57. The second-order valence-electron chi connectivity index (χ2n) is 5.57. The molecular formula is C13H24N2O. The first-order chi connectivity index (χ1) is 7.74. The van der Waals surface area contributed by atoms with Crippen LogP contribution in [0.3, 0.4) is 0 Å². The third kappa shape index (κ3) is 4.12. The summed E-state index contributed by atoms with van der Waals surface area (Å²) in [6, 6.07) is 0.712. The number of carbonyl (C=O) groups is 1. The van der Waals surface area contributed by atoms with E-state index in [0.29, 0.717) is 12.5 Å². The number of nitrogens with one attached hydrogen (secondary N) is 2. The summed E-state index contributed by atoms with van der Waals surface area (Å²) < 4.78 is 0. The normalized spacial score (nSPS) is 29.3. The molecule has 0 spiro atoms. The third-order valence-corrected chi connectivity index (χ3v) is 3.75. The van der Waals surface area contributed by atoms with Crippen LogP contribution < -0.4 is 10.6 Å². The van der Waals surface area contributed by atoms with E-state index in [1.165, 1.54) is 32.1 Å². The van der Waals surface area contributed by atoms with Crippen LogP contribution in [-0.2, 0) is 4.79 Å². The summed E-state index contributed by atoms with van der Waals surface area (Å²) >= 11 is 0. The van der Waals surface area contributed by atoms with Gasteiger partial charge in [-0.1, -0.05) is 13.3 Å². The van der Waals surface area contributed by atoms with Gasteiger partial charge in [0.1, 0.15) is 0 Å². The van der Waals surface area contributed by atoms with Crippen molar-refractivity contribution in [1.29, 1.82) is 0 Å². The number of amides is 1. The van der Waals surface area contributed by atoms with Crippen molar-refractivity contribution in [3.63, 3.8) is 0 Å². The fraction of sp³-hybridized carbons (Fsp3) is 0.923. The Morgan fingerprint density at radius 2 is 2.06 bits per heavy atom. The maximum atomic E-state index is 11.5. The van der Waals surface area contributed by atoms with Gasteiger partial charge in [-0.25, -0.2) is 0 Å². The lowest BCUT2D eigenvalue weighted by molar-refractivity contribution is -0.121. The van der Waals surface area contributed by atoms with Crippen LogP contribution in [-0.4, -0.2) is 25.0 Å². The molecule has 2 atom stereocenters. The van der Waals surface area contributed by atoms with E-state index in [4.69, 9.17) is 0 Å². The highest BCUT2D eigenvalue weighted by molar-refractivity contribution is 5.76. The lowest BCUT2D eigenvalue weighted by Crippen LogP contribution is -2.31. The van der Waals surface area contributed by atoms with Crippen molar-refractivity contribution in [1.82, 2.24) is 10.6 Å². The molecule has 3 heteroatoms. The van der Waals surface area contributed by atoms with Gasteiger partial charge in [-0.15, -0.1) is 0 Å². The standard InChI is InChI=1S/C13H24N2O/c1-10-2-3-11(8-10)9-15-13(16)6-7-14-12-4-5-12/h10-12,14H,2-9H2,1H3,(H,15,16). The molecule has 2 aliphatic carbocycles. The van der Waals surface area contributed by atoms with E-state index in [1.807, 2.05) is 0 Å². The fourth-order valence-corrected chi connectivity index (χ4v) is 2.53. The Morgan fingerprint density at radius 3 is 2.69 bits per heavy atom. The first kappa shape index (κ1) is 11.9. The Morgan fingerprint density at radius 1 is 1.25 bits per heavy atom. The Bertz CT molecular complexity index is 238. The van der Waals surface area contributed by atoms with Gasteiger partial charge in [0, 0.05) is 25.6 Å². The van der Waals surface area contributed by atoms with Crippen molar-refractivity contribution in [3.8, 4) is 0 Å². The molecule has 0 heterocycles. The van der Waals surface area contributed by atoms with Gasteiger partial charge < -0.3 is 10.6 Å². The van der Waals surface area contributed by atoms with Gasteiger partial charge >= 0.3 is 0 Å². The van der Waals surface area contributed by atoms with E-state index in [-0.39, 0.29) is 5.91 Å². The highest BCUT2D eigenvalue weighted by Crippen LogP contribution is 2.29. The zero-order valence-corrected chi connectivity index (χ0v) is 10.3. The average molecular weight is 224 g/mol. The lowest BCUT2D eigenvalue weighted by atomic mass is 10.1. The summed E-state index contributed by atoms with van der Waals surface area (Å²) in [7, 11) is 0. The molecule has 2 saturated carbocycles. The van der Waals surface area contributed by atoms with Gasteiger partial charge in [-0.05, 0) is 37.5 Å². The van der Waals surface area contributed by atoms with Gasteiger partial charge in [0.15, 0.2) is 0 Å². The predicted octanol–water partition coefficient (Wildman–Crippen LogP) is 1.68. The molecule has 0 bridgehead atoms. The van der Waals surface area contributed by atoms with Crippen LogP contribution >= 0.6 is 0 Å². The average Bonchev–Trinajstić information content (AvgIpc) is 2.98. The molecular weight excluding hydrogens is 200 g/mol. The number of hydrogen-bond donors (Lipinski definition) is 2. The third-order valence-electron chi connectivity index (χ3n) is 3.75. The molecule has 16 heavy (non-hydrogen) atoms. The number of hydrogen-bond acceptors (Lipinski definition) is 2. The molecule has 3 nitrogen and oxygen atoms in total. The molecule has 0 radical (unpaired) electrons. The maximum absolute atomic E-state index is 11.5. The van der Waals surface area contributed by atoms with Gasteiger partial charge in [-0.3, -0.25) is 4.79 Å². The molecule has 2 aliphatic rings. The molecule has 2 unspecified atom stereocenters. The van der Waals surface area contributed by atoms with E-state index >= 15 is 0 Å².